The van der Waals surface area contributed by atoms with Crippen LogP contribution in [0.2, 0.25) is 0 Å². The lowest BCUT2D eigenvalue weighted by molar-refractivity contribution is -0.120. The third kappa shape index (κ3) is 2.95. The van der Waals surface area contributed by atoms with Crippen LogP contribution in [0.25, 0.3) is 11.5 Å². The van der Waals surface area contributed by atoms with Crippen molar-refractivity contribution in [2.24, 2.45) is 5.41 Å². The van der Waals surface area contributed by atoms with Gasteiger partial charge in [0.15, 0.2) is 5.82 Å². The average molecular weight is 297 g/mol. The lowest BCUT2D eigenvalue weighted by atomic mass is 9.74. The van der Waals surface area contributed by atoms with E-state index in [1.807, 2.05) is 6.20 Å². The van der Waals surface area contributed by atoms with Crippen molar-refractivity contribution in [3.63, 3.8) is 0 Å². The Hall–Kier alpha value is -2.37. The van der Waals surface area contributed by atoms with Crippen molar-refractivity contribution < 1.29 is 4.79 Å². The number of amides is 1. The average Bonchev–Trinajstić information content (AvgIpc) is 2.45. The topological polar surface area (TPSA) is 80.7 Å². The lowest BCUT2D eigenvalue weighted by Crippen LogP contribution is -2.36. The lowest BCUT2D eigenvalue weighted by Gasteiger charge is -2.36. The van der Waals surface area contributed by atoms with Crippen LogP contribution in [0.3, 0.4) is 0 Å². The van der Waals surface area contributed by atoms with Gasteiger partial charge in [0.2, 0.25) is 5.91 Å². The van der Waals surface area contributed by atoms with E-state index in [0.29, 0.717) is 11.5 Å². The largest absolute Gasteiger partial charge is 0.349 e. The van der Waals surface area contributed by atoms with Gasteiger partial charge in [-0.1, -0.05) is 13.8 Å². The fourth-order valence-corrected chi connectivity index (χ4v) is 2.96. The van der Waals surface area contributed by atoms with Crippen molar-refractivity contribution in [3.05, 3.63) is 36.0 Å². The summed E-state index contributed by atoms with van der Waals surface area (Å²) >= 11 is 0. The summed E-state index contributed by atoms with van der Waals surface area (Å²) in [4.78, 5) is 28.8. The van der Waals surface area contributed by atoms with E-state index in [1.54, 1.807) is 18.6 Å². The van der Waals surface area contributed by atoms with Gasteiger partial charge in [0, 0.05) is 31.1 Å². The molecule has 6 nitrogen and oxygen atoms in total. The zero-order chi connectivity index (χ0) is 15.7. The quantitative estimate of drug-likeness (QED) is 0.918. The van der Waals surface area contributed by atoms with Crippen molar-refractivity contribution in [1.29, 1.82) is 0 Å². The summed E-state index contributed by atoms with van der Waals surface area (Å²) in [6, 6.07) is -0.0350. The molecule has 2 heterocycles. The summed E-state index contributed by atoms with van der Waals surface area (Å²) in [6.45, 7) is 5.92. The maximum atomic E-state index is 11.5. The summed E-state index contributed by atoms with van der Waals surface area (Å²) in [6.07, 6.45) is 8.45. The molecule has 0 saturated carbocycles. The molecule has 0 saturated heterocycles. The van der Waals surface area contributed by atoms with Crippen LogP contribution >= 0.6 is 0 Å². The highest BCUT2D eigenvalue weighted by Crippen LogP contribution is 2.40. The molecular weight excluding hydrogens is 278 g/mol. The molecule has 0 bridgehead atoms. The Morgan fingerprint density at radius 1 is 1.27 bits per heavy atom. The number of hydrogen-bond acceptors (Lipinski definition) is 5. The first-order valence-electron chi connectivity index (χ1n) is 7.34. The summed E-state index contributed by atoms with van der Waals surface area (Å²) < 4.78 is 0. The summed E-state index contributed by atoms with van der Waals surface area (Å²) in [7, 11) is 0. The molecule has 22 heavy (non-hydrogen) atoms. The number of fused-ring (bicyclic) bond motifs is 1. The molecule has 1 N–H and O–H groups in total. The van der Waals surface area contributed by atoms with Gasteiger partial charge in [0.1, 0.15) is 5.69 Å². The van der Waals surface area contributed by atoms with Crippen molar-refractivity contribution >= 4 is 5.91 Å². The van der Waals surface area contributed by atoms with Gasteiger partial charge < -0.3 is 5.32 Å². The normalized spacial score (nSPS) is 19.3. The molecule has 0 fully saturated rings. The number of rotatable bonds is 2. The Bertz CT molecular complexity index is 699. The first kappa shape index (κ1) is 14.6. The molecule has 3 rings (SSSR count). The highest BCUT2D eigenvalue weighted by Gasteiger charge is 2.34. The van der Waals surface area contributed by atoms with Crippen LogP contribution in [0.1, 0.15) is 44.5 Å². The van der Waals surface area contributed by atoms with Crippen LogP contribution in [-0.4, -0.2) is 25.8 Å². The van der Waals surface area contributed by atoms with Crippen LogP contribution in [0, 0.1) is 5.41 Å². The van der Waals surface area contributed by atoms with E-state index in [2.05, 4.69) is 39.1 Å². The van der Waals surface area contributed by atoms with Crippen LogP contribution < -0.4 is 5.32 Å². The fraction of sp³-hybridized carbons (Fsp3) is 0.438. The van der Waals surface area contributed by atoms with Crippen molar-refractivity contribution in [1.82, 2.24) is 25.3 Å². The highest BCUT2D eigenvalue weighted by molar-refractivity contribution is 5.73. The van der Waals surface area contributed by atoms with Gasteiger partial charge in [-0.2, -0.15) is 0 Å². The Kier molecular flexibility index (Phi) is 3.60. The molecule has 1 amide bonds. The van der Waals surface area contributed by atoms with E-state index in [-0.39, 0.29) is 17.4 Å². The minimum atomic E-state index is -0.0355. The third-order valence-corrected chi connectivity index (χ3v) is 3.85. The van der Waals surface area contributed by atoms with E-state index < -0.39 is 0 Å². The van der Waals surface area contributed by atoms with E-state index in [4.69, 9.17) is 0 Å². The van der Waals surface area contributed by atoms with Crippen LogP contribution in [0.4, 0.5) is 0 Å². The predicted octanol–water partition coefficient (Wildman–Crippen LogP) is 2.08. The number of nitrogens with zero attached hydrogens (tertiary/aromatic N) is 4. The summed E-state index contributed by atoms with van der Waals surface area (Å²) in [5.41, 5.74) is 2.71. The van der Waals surface area contributed by atoms with Gasteiger partial charge in [0.25, 0.3) is 0 Å². The molecule has 1 aliphatic carbocycles. The Morgan fingerprint density at radius 3 is 2.77 bits per heavy atom. The van der Waals surface area contributed by atoms with E-state index in [1.165, 1.54) is 6.92 Å². The Balaban J connectivity index is 2.02. The molecule has 0 spiro atoms. The second-order valence-corrected chi connectivity index (χ2v) is 6.48. The molecule has 2 aromatic rings. The zero-order valence-corrected chi connectivity index (χ0v) is 13.0. The van der Waals surface area contributed by atoms with Crippen LogP contribution in [0.15, 0.2) is 24.8 Å². The maximum Gasteiger partial charge on any atom is 0.217 e. The van der Waals surface area contributed by atoms with E-state index in [9.17, 15) is 4.79 Å². The van der Waals surface area contributed by atoms with Gasteiger partial charge in [-0.25, -0.2) is 15.0 Å². The van der Waals surface area contributed by atoms with Crippen molar-refractivity contribution in [3.8, 4) is 11.5 Å². The third-order valence-electron chi connectivity index (χ3n) is 3.85. The van der Waals surface area contributed by atoms with Crippen LogP contribution in [-0.2, 0) is 11.2 Å². The molecule has 1 atom stereocenters. The summed E-state index contributed by atoms with van der Waals surface area (Å²) in [5, 5.41) is 3.01. The minimum Gasteiger partial charge on any atom is -0.349 e. The second-order valence-electron chi connectivity index (χ2n) is 6.48. The molecule has 0 unspecified atom stereocenters. The van der Waals surface area contributed by atoms with Gasteiger partial charge in [0.05, 0.1) is 17.9 Å². The molecule has 0 radical (unpaired) electrons. The number of nitrogens with one attached hydrogen (secondary N) is 1. The molecule has 2 aromatic heterocycles. The first-order chi connectivity index (χ1) is 10.4. The predicted molar refractivity (Wildman–Crippen MR) is 81.7 cm³/mol. The number of hydrogen-bond donors (Lipinski definition) is 1. The molecule has 0 aliphatic heterocycles. The zero-order valence-electron chi connectivity index (χ0n) is 13.0. The molecule has 1 aliphatic rings. The monoisotopic (exact) mass is 297 g/mol. The van der Waals surface area contributed by atoms with Gasteiger partial charge in [-0.05, 0) is 18.3 Å². The highest BCUT2D eigenvalue weighted by atomic mass is 16.1. The van der Waals surface area contributed by atoms with Gasteiger partial charge in [-0.15, -0.1) is 0 Å². The number of carbonyl (C=O) groups excluding carboxylic acids is 1. The smallest absolute Gasteiger partial charge is 0.217 e. The van der Waals surface area contributed by atoms with E-state index >= 15 is 0 Å². The van der Waals surface area contributed by atoms with Crippen LogP contribution in [0.5, 0.6) is 0 Å². The van der Waals surface area contributed by atoms with Crippen molar-refractivity contribution in [2.75, 3.05) is 0 Å². The Morgan fingerprint density at radius 2 is 2.09 bits per heavy atom. The summed E-state index contributed by atoms with van der Waals surface area (Å²) in [5.74, 6) is 0.540. The van der Waals surface area contributed by atoms with Gasteiger partial charge in [-0.3, -0.25) is 9.78 Å². The standard InChI is InChI=1S/C16H19N5O/c1-10(22)20-12-6-16(2,3)7-13-11(12)8-19-15(21-13)14-9-17-4-5-18-14/h4-5,8-9,12H,6-7H2,1-3H3,(H,20,22)/t12-/m0/s1. The number of carbonyl (C=O) groups is 1. The first-order valence-corrected chi connectivity index (χ1v) is 7.34. The number of aromatic nitrogens is 4. The molecule has 114 valence electrons. The molecular formula is C16H19N5O. The molecule has 6 heteroatoms. The fourth-order valence-electron chi connectivity index (χ4n) is 2.96. The second kappa shape index (κ2) is 5.44. The van der Waals surface area contributed by atoms with E-state index in [0.717, 1.165) is 24.1 Å². The SMILES string of the molecule is CC(=O)N[C@H]1CC(C)(C)Cc2nc(-c3cnccn3)ncc21. The maximum absolute atomic E-state index is 11.5. The minimum absolute atomic E-state index is 0.0350. The van der Waals surface area contributed by atoms with Gasteiger partial charge >= 0.3 is 0 Å². The molecule has 0 aromatic carbocycles. The van der Waals surface area contributed by atoms with Crippen molar-refractivity contribution in [2.45, 2.75) is 39.7 Å². The Labute approximate surface area is 129 Å².